The zero-order valence-electron chi connectivity index (χ0n) is 10.4. The monoisotopic (exact) mass is 322 g/mol. The zero-order valence-corrected chi connectivity index (χ0v) is 12.8. The summed E-state index contributed by atoms with van der Waals surface area (Å²) in [5.74, 6) is 0.645. The van der Waals surface area contributed by atoms with Gasteiger partial charge in [0, 0.05) is 5.56 Å². The third-order valence-corrected chi connectivity index (χ3v) is 4.77. The van der Waals surface area contributed by atoms with E-state index in [1.807, 2.05) is 24.3 Å². The van der Waals surface area contributed by atoms with Gasteiger partial charge in [0.25, 0.3) is 0 Å². The second-order valence-corrected chi connectivity index (χ2v) is 6.83. The van der Waals surface area contributed by atoms with Gasteiger partial charge in [-0.3, -0.25) is 4.79 Å². The van der Waals surface area contributed by atoms with Gasteiger partial charge in [-0.1, -0.05) is 38.1 Å². The van der Waals surface area contributed by atoms with Crippen LogP contribution in [0.1, 0.15) is 47.0 Å². The van der Waals surface area contributed by atoms with Crippen LogP contribution in [0.5, 0.6) is 0 Å². The molecule has 1 nitrogen and oxygen atoms in total. The lowest BCUT2D eigenvalue weighted by atomic mass is 9.97. The molecule has 2 rings (SSSR count). The lowest BCUT2D eigenvalue weighted by Gasteiger charge is -2.09. The summed E-state index contributed by atoms with van der Waals surface area (Å²) >= 11 is 4.85. The van der Waals surface area contributed by atoms with Gasteiger partial charge < -0.3 is 0 Å². The molecule has 0 fully saturated rings. The van der Waals surface area contributed by atoms with Gasteiger partial charge in [0.15, 0.2) is 0 Å². The normalized spacial score (nSPS) is 12.4. The number of halogens is 1. The Morgan fingerprint density at radius 2 is 1.89 bits per heavy atom. The summed E-state index contributed by atoms with van der Waals surface area (Å²) in [5, 5.41) is 0. The van der Waals surface area contributed by atoms with Crippen molar-refractivity contribution in [2.75, 3.05) is 0 Å². The molecule has 0 radical (unpaired) electrons. The molecule has 0 saturated heterocycles. The molecule has 0 aliphatic heterocycles. The molecule has 18 heavy (non-hydrogen) atoms. The predicted molar refractivity (Wildman–Crippen MR) is 80.6 cm³/mol. The van der Waals surface area contributed by atoms with Crippen molar-refractivity contribution in [3.63, 3.8) is 0 Å². The smallest absolute Gasteiger partial charge is 0.202 e. The highest BCUT2D eigenvalue weighted by Crippen LogP contribution is 2.25. The minimum Gasteiger partial charge on any atom is -0.288 e. The van der Waals surface area contributed by atoms with Crippen LogP contribution >= 0.6 is 27.3 Å². The van der Waals surface area contributed by atoms with Crippen LogP contribution in [0.2, 0.25) is 0 Å². The van der Waals surface area contributed by atoms with Crippen LogP contribution in [0.4, 0.5) is 0 Å². The summed E-state index contributed by atoms with van der Waals surface area (Å²) in [5.41, 5.74) is 2.05. The summed E-state index contributed by atoms with van der Waals surface area (Å²) in [4.78, 5) is 13.0. The van der Waals surface area contributed by atoms with Crippen molar-refractivity contribution < 1.29 is 4.79 Å². The Balaban J connectivity index is 2.22. The second kappa shape index (κ2) is 5.81. The lowest BCUT2D eigenvalue weighted by Crippen LogP contribution is -1.99. The number of hydrogen-bond acceptors (Lipinski definition) is 2. The molecule has 0 bridgehead atoms. The van der Waals surface area contributed by atoms with Crippen molar-refractivity contribution in [1.29, 1.82) is 0 Å². The maximum atomic E-state index is 12.2. The molecule has 3 heteroatoms. The fourth-order valence-corrected chi connectivity index (χ4v) is 3.13. The minimum atomic E-state index is 0.0985. The highest BCUT2D eigenvalue weighted by molar-refractivity contribution is 9.11. The number of benzene rings is 1. The molecule has 1 heterocycles. The van der Waals surface area contributed by atoms with Crippen LogP contribution in [0.25, 0.3) is 0 Å². The van der Waals surface area contributed by atoms with Crippen molar-refractivity contribution in [3.05, 3.63) is 56.2 Å². The number of thiophene rings is 1. The summed E-state index contributed by atoms with van der Waals surface area (Å²) in [7, 11) is 0. The Labute approximate surface area is 120 Å². The van der Waals surface area contributed by atoms with Crippen molar-refractivity contribution >= 4 is 33.0 Å². The molecule has 0 aliphatic carbocycles. The minimum absolute atomic E-state index is 0.0985. The van der Waals surface area contributed by atoms with Gasteiger partial charge in [0.05, 0.1) is 8.66 Å². The van der Waals surface area contributed by atoms with Crippen molar-refractivity contribution in [1.82, 2.24) is 0 Å². The van der Waals surface area contributed by atoms with Crippen LogP contribution < -0.4 is 0 Å². The molecule has 0 saturated carbocycles. The maximum Gasteiger partial charge on any atom is 0.202 e. The quantitative estimate of drug-likeness (QED) is 0.702. The molecule has 2 aromatic rings. The number of rotatable bonds is 4. The van der Waals surface area contributed by atoms with Gasteiger partial charge >= 0.3 is 0 Å². The molecule has 1 aromatic carbocycles. The fourth-order valence-electron chi connectivity index (χ4n) is 1.78. The van der Waals surface area contributed by atoms with E-state index in [9.17, 15) is 4.79 Å². The standard InChI is InChI=1S/C15H15BrOS/c1-3-10(2)11-4-6-12(7-5-11)15(17)13-8-9-14(16)18-13/h4-10H,3H2,1-2H3. The van der Waals surface area contributed by atoms with E-state index >= 15 is 0 Å². The number of hydrogen-bond donors (Lipinski definition) is 0. The van der Waals surface area contributed by atoms with E-state index in [-0.39, 0.29) is 5.78 Å². The van der Waals surface area contributed by atoms with Crippen LogP contribution in [0.3, 0.4) is 0 Å². The van der Waals surface area contributed by atoms with Crippen LogP contribution in [0.15, 0.2) is 40.2 Å². The summed E-state index contributed by atoms with van der Waals surface area (Å²) < 4.78 is 0.988. The topological polar surface area (TPSA) is 17.1 Å². The third-order valence-electron chi connectivity index (χ3n) is 3.15. The Morgan fingerprint density at radius 3 is 2.39 bits per heavy atom. The number of ketones is 1. The van der Waals surface area contributed by atoms with E-state index in [2.05, 4.69) is 41.9 Å². The van der Waals surface area contributed by atoms with Crippen LogP contribution in [-0.2, 0) is 0 Å². The summed E-state index contributed by atoms with van der Waals surface area (Å²) in [6, 6.07) is 11.7. The SMILES string of the molecule is CCC(C)c1ccc(C(=O)c2ccc(Br)s2)cc1. The van der Waals surface area contributed by atoms with Crippen molar-refractivity contribution in [3.8, 4) is 0 Å². The molecule has 0 amide bonds. The largest absolute Gasteiger partial charge is 0.288 e. The first-order valence-corrected chi connectivity index (χ1v) is 7.62. The first-order valence-electron chi connectivity index (χ1n) is 6.01. The first kappa shape index (κ1) is 13.5. The van der Waals surface area contributed by atoms with E-state index in [1.54, 1.807) is 0 Å². The van der Waals surface area contributed by atoms with Gasteiger partial charge in [0.1, 0.15) is 0 Å². The predicted octanol–water partition coefficient (Wildman–Crippen LogP) is 5.26. The Bertz CT molecular complexity index is 542. The molecule has 1 atom stereocenters. The van der Waals surface area contributed by atoms with Crippen molar-refractivity contribution in [2.45, 2.75) is 26.2 Å². The molecule has 0 spiro atoms. The van der Waals surface area contributed by atoms with E-state index in [0.717, 1.165) is 20.6 Å². The maximum absolute atomic E-state index is 12.2. The highest BCUT2D eigenvalue weighted by atomic mass is 79.9. The van der Waals surface area contributed by atoms with Crippen LogP contribution in [0, 0.1) is 0 Å². The lowest BCUT2D eigenvalue weighted by molar-refractivity contribution is 0.104. The molecule has 1 unspecified atom stereocenters. The average molecular weight is 323 g/mol. The van der Waals surface area contributed by atoms with E-state index in [1.165, 1.54) is 16.9 Å². The number of carbonyl (C=O) groups excluding carboxylic acids is 1. The third kappa shape index (κ3) is 2.90. The molecular formula is C15H15BrOS. The molecule has 0 N–H and O–H groups in total. The van der Waals surface area contributed by atoms with Crippen LogP contribution in [-0.4, -0.2) is 5.78 Å². The molecule has 0 aliphatic rings. The van der Waals surface area contributed by atoms with E-state index in [4.69, 9.17) is 0 Å². The zero-order chi connectivity index (χ0) is 13.1. The summed E-state index contributed by atoms with van der Waals surface area (Å²) in [6.45, 7) is 4.38. The fraction of sp³-hybridized carbons (Fsp3) is 0.267. The molecule has 1 aromatic heterocycles. The van der Waals surface area contributed by atoms with Gasteiger partial charge in [0.2, 0.25) is 5.78 Å². The first-order chi connectivity index (χ1) is 8.61. The van der Waals surface area contributed by atoms with Gasteiger partial charge in [-0.05, 0) is 46.0 Å². The Morgan fingerprint density at radius 1 is 1.22 bits per heavy atom. The molecular weight excluding hydrogens is 308 g/mol. The highest BCUT2D eigenvalue weighted by Gasteiger charge is 2.12. The summed E-state index contributed by atoms with van der Waals surface area (Å²) in [6.07, 6.45) is 1.12. The molecule has 94 valence electrons. The van der Waals surface area contributed by atoms with Gasteiger partial charge in [-0.2, -0.15) is 0 Å². The second-order valence-electron chi connectivity index (χ2n) is 4.36. The Hall–Kier alpha value is -0.930. The van der Waals surface area contributed by atoms with Gasteiger partial charge in [-0.25, -0.2) is 0 Å². The van der Waals surface area contributed by atoms with E-state index < -0.39 is 0 Å². The number of carbonyl (C=O) groups is 1. The van der Waals surface area contributed by atoms with E-state index in [0.29, 0.717) is 5.92 Å². The Kier molecular flexibility index (Phi) is 4.36. The average Bonchev–Trinajstić information content (AvgIpc) is 2.84. The van der Waals surface area contributed by atoms with Gasteiger partial charge in [-0.15, -0.1) is 11.3 Å². The van der Waals surface area contributed by atoms with Crippen molar-refractivity contribution in [2.24, 2.45) is 0 Å².